The number of halogens is 1. The summed E-state index contributed by atoms with van der Waals surface area (Å²) in [5.74, 6) is 1.32. The summed E-state index contributed by atoms with van der Waals surface area (Å²) in [6.45, 7) is 1.84. The van der Waals surface area contributed by atoms with Crippen LogP contribution in [-0.2, 0) is 0 Å². The first-order chi connectivity index (χ1) is 7.16. The third-order valence-corrected chi connectivity index (χ3v) is 2.43. The second-order valence-electron chi connectivity index (χ2n) is 3.41. The zero-order valence-corrected chi connectivity index (χ0v) is 9.03. The van der Waals surface area contributed by atoms with Crippen molar-refractivity contribution in [3.63, 3.8) is 0 Å². The Morgan fingerprint density at radius 1 is 1.27 bits per heavy atom. The lowest BCUT2D eigenvalue weighted by Crippen LogP contribution is -1.97. The van der Waals surface area contributed by atoms with Gasteiger partial charge < -0.3 is 9.52 Å². The summed E-state index contributed by atoms with van der Waals surface area (Å²) in [5.41, 5.74) is 0.733. The first-order valence-corrected chi connectivity index (χ1v) is 5.04. The maximum atomic E-state index is 9.98. The smallest absolute Gasteiger partial charge is 0.137 e. The van der Waals surface area contributed by atoms with Gasteiger partial charge in [0.15, 0.2) is 0 Å². The molecule has 2 aromatic rings. The summed E-state index contributed by atoms with van der Waals surface area (Å²) in [4.78, 5) is 0. The Morgan fingerprint density at radius 3 is 2.67 bits per heavy atom. The Bertz CT molecular complexity index is 462. The molecule has 0 aliphatic rings. The highest BCUT2D eigenvalue weighted by Crippen LogP contribution is 2.25. The molecule has 0 aliphatic carbocycles. The highest BCUT2D eigenvalue weighted by atomic mass is 35.5. The Morgan fingerprint density at radius 2 is 2.07 bits per heavy atom. The fourth-order valence-corrected chi connectivity index (χ4v) is 1.64. The van der Waals surface area contributed by atoms with E-state index < -0.39 is 6.10 Å². The molecule has 1 aromatic heterocycles. The minimum atomic E-state index is -0.752. The first kappa shape index (κ1) is 10.3. The summed E-state index contributed by atoms with van der Waals surface area (Å²) >= 11 is 5.84. The van der Waals surface area contributed by atoms with Crippen LogP contribution < -0.4 is 0 Å². The molecule has 1 unspecified atom stereocenters. The van der Waals surface area contributed by atoms with Gasteiger partial charge in [0.2, 0.25) is 0 Å². The van der Waals surface area contributed by atoms with Crippen molar-refractivity contribution in [2.45, 2.75) is 13.0 Å². The Balaban J connectivity index is 2.32. The van der Waals surface area contributed by atoms with Crippen molar-refractivity contribution >= 4 is 11.6 Å². The maximum Gasteiger partial charge on any atom is 0.137 e. The minimum absolute atomic E-state index is 0.537. The molecule has 0 saturated carbocycles. The lowest BCUT2D eigenvalue weighted by molar-refractivity contribution is 0.187. The van der Waals surface area contributed by atoms with Crippen LogP contribution in [0.15, 0.2) is 40.8 Å². The zero-order valence-electron chi connectivity index (χ0n) is 8.27. The van der Waals surface area contributed by atoms with Gasteiger partial charge in [0.1, 0.15) is 17.6 Å². The number of aliphatic hydroxyl groups excluding tert-OH is 1. The Kier molecular flexibility index (Phi) is 2.80. The van der Waals surface area contributed by atoms with Crippen LogP contribution >= 0.6 is 11.6 Å². The van der Waals surface area contributed by atoms with Crippen LogP contribution in [0.25, 0.3) is 0 Å². The van der Waals surface area contributed by atoms with Gasteiger partial charge in [-0.05, 0) is 36.8 Å². The molecule has 0 aliphatic heterocycles. The Hall–Kier alpha value is -1.25. The largest absolute Gasteiger partial charge is 0.463 e. The topological polar surface area (TPSA) is 33.4 Å². The van der Waals surface area contributed by atoms with Crippen LogP contribution in [0, 0.1) is 6.92 Å². The molecule has 1 N–H and O–H groups in total. The van der Waals surface area contributed by atoms with E-state index in [2.05, 4.69) is 0 Å². The monoisotopic (exact) mass is 222 g/mol. The van der Waals surface area contributed by atoms with E-state index in [0.29, 0.717) is 10.8 Å². The average Bonchev–Trinajstić information content (AvgIpc) is 2.64. The fourth-order valence-electron chi connectivity index (χ4n) is 1.44. The molecular weight excluding hydrogens is 212 g/mol. The van der Waals surface area contributed by atoms with Gasteiger partial charge in [-0.3, -0.25) is 0 Å². The standard InChI is InChI=1S/C12H11ClO2/c1-8-5-6-11(15-8)12(14)9-3-2-4-10(13)7-9/h2-7,12,14H,1H3. The molecule has 1 atom stereocenters. The predicted octanol–water partition coefficient (Wildman–Crippen LogP) is 3.32. The van der Waals surface area contributed by atoms with Crippen LogP contribution in [0.4, 0.5) is 0 Å². The molecule has 0 bridgehead atoms. The number of furan rings is 1. The van der Waals surface area contributed by atoms with Gasteiger partial charge in [-0.1, -0.05) is 23.7 Å². The summed E-state index contributed by atoms with van der Waals surface area (Å²) in [6.07, 6.45) is -0.752. The van der Waals surface area contributed by atoms with Crippen molar-refractivity contribution in [1.82, 2.24) is 0 Å². The van der Waals surface area contributed by atoms with Crippen LogP contribution in [0.2, 0.25) is 5.02 Å². The first-order valence-electron chi connectivity index (χ1n) is 4.66. The average molecular weight is 223 g/mol. The summed E-state index contributed by atoms with van der Waals surface area (Å²) in [5, 5.41) is 10.6. The summed E-state index contributed by atoms with van der Waals surface area (Å²) in [7, 11) is 0. The van der Waals surface area contributed by atoms with Crippen molar-refractivity contribution in [3.05, 3.63) is 58.5 Å². The highest BCUT2D eigenvalue weighted by Gasteiger charge is 2.13. The normalized spacial score (nSPS) is 12.7. The molecule has 2 nitrogen and oxygen atoms in total. The molecule has 2 rings (SSSR count). The van der Waals surface area contributed by atoms with E-state index in [9.17, 15) is 5.11 Å². The molecule has 3 heteroatoms. The fraction of sp³-hybridized carbons (Fsp3) is 0.167. The van der Waals surface area contributed by atoms with E-state index in [-0.39, 0.29) is 0 Å². The summed E-state index contributed by atoms with van der Waals surface area (Å²) < 4.78 is 5.35. The molecule has 0 saturated heterocycles. The third-order valence-electron chi connectivity index (χ3n) is 2.20. The van der Waals surface area contributed by atoms with Crippen LogP contribution in [-0.4, -0.2) is 5.11 Å². The molecule has 0 spiro atoms. The van der Waals surface area contributed by atoms with E-state index in [1.165, 1.54) is 0 Å². The number of aryl methyl sites for hydroxylation is 1. The van der Waals surface area contributed by atoms with Gasteiger partial charge in [0, 0.05) is 5.02 Å². The molecule has 0 radical (unpaired) electrons. The van der Waals surface area contributed by atoms with Crippen molar-refractivity contribution in [1.29, 1.82) is 0 Å². The maximum absolute atomic E-state index is 9.98. The van der Waals surface area contributed by atoms with Gasteiger partial charge >= 0.3 is 0 Å². The molecule has 1 aromatic carbocycles. The zero-order chi connectivity index (χ0) is 10.8. The van der Waals surface area contributed by atoms with E-state index in [0.717, 1.165) is 11.3 Å². The molecular formula is C12H11ClO2. The molecule has 78 valence electrons. The number of aliphatic hydroxyl groups is 1. The van der Waals surface area contributed by atoms with E-state index in [1.54, 1.807) is 24.3 Å². The van der Waals surface area contributed by atoms with Crippen LogP contribution in [0.1, 0.15) is 23.2 Å². The van der Waals surface area contributed by atoms with E-state index >= 15 is 0 Å². The third kappa shape index (κ3) is 2.22. The lowest BCUT2D eigenvalue weighted by Gasteiger charge is -2.07. The molecule has 15 heavy (non-hydrogen) atoms. The van der Waals surface area contributed by atoms with Crippen LogP contribution in [0.5, 0.6) is 0 Å². The minimum Gasteiger partial charge on any atom is -0.463 e. The highest BCUT2D eigenvalue weighted by molar-refractivity contribution is 6.30. The number of hydrogen-bond donors (Lipinski definition) is 1. The number of hydrogen-bond acceptors (Lipinski definition) is 2. The predicted molar refractivity (Wildman–Crippen MR) is 59.0 cm³/mol. The van der Waals surface area contributed by atoms with Crippen molar-refractivity contribution in [2.24, 2.45) is 0 Å². The second-order valence-corrected chi connectivity index (χ2v) is 3.84. The quantitative estimate of drug-likeness (QED) is 0.846. The van der Waals surface area contributed by atoms with Gasteiger partial charge in [-0.2, -0.15) is 0 Å². The molecule has 0 fully saturated rings. The number of rotatable bonds is 2. The Labute approximate surface area is 93.1 Å². The van der Waals surface area contributed by atoms with Gasteiger partial charge in [0.25, 0.3) is 0 Å². The van der Waals surface area contributed by atoms with Crippen molar-refractivity contribution in [2.75, 3.05) is 0 Å². The second kappa shape index (κ2) is 4.09. The van der Waals surface area contributed by atoms with Crippen molar-refractivity contribution < 1.29 is 9.52 Å². The van der Waals surface area contributed by atoms with E-state index in [4.69, 9.17) is 16.0 Å². The van der Waals surface area contributed by atoms with Gasteiger partial charge in [-0.25, -0.2) is 0 Å². The van der Waals surface area contributed by atoms with Gasteiger partial charge in [0.05, 0.1) is 0 Å². The van der Waals surface area contributed by atoms with Crippen molar-refractivity contribution in [3.8, 4) is 0 Å². The lowest BCUT2D eigenvalue weighted by atomic mass is 10.1. The van der Waals surface area contributed by atoms with E-state index in [1.807, 2.05) is 19.1 Å². The SMILES string of the molecule is Cc1ccc(C(O)c2cccc(Cl)c2)o1. The molecule has 1 heterocycles. The summed E-state index contributed by atoms with van der Waals surface area (Å²) in [6, 6.07) is 10.7. The molecule has 0 amide bonds. The van der Waals surface area contributed by atoms with Gasteiger partial charge in [-0.15, -0.1) is 0 Å². The number of benzene rings is 1. The van der Waals surface area contributed by atoms with Crippen LogP contribution in [0.3, 0.4) is 0 Å².